The van der Waals surface area contributed by atoms with Gasteiger partial charge < -0.3 is 4.74 Å². The van der Waals surface area contributed by atoms with E-state index >= 15 is 0 Å². The Bertz CT molecular complexity index is 962. The number of ketones is 1. The molecule has 3 heteroatoms. The summed E-state index contributed by atoms with van der Waals surface area (Å²) in [5.74, 6) is 2.57. The first-order valence-corrected chi connectivity index (χ1v) is 14.5. The Morgan fingerprint density at radius 1 is 0.914 bits per heavy atom. The molecule has 0 saturated heterocycles. The lowest BCUT2D eigenvalue weighted by Crippen LogP contribution is -2.67. The molecule has 0 unspecified atom stereocenters. The Labute approximate surface area is 214 Å². The fourth-order valence-electron chi connectivity index (χ4n) is 11.1. The molecule has 4 saturated carbocycles. The molecule has 196 valence electrons. The van der Waals surface area contributed by atoms with Crippen LogP contribution in [0.2, 0.25) is 0 Å². The van der Waals surface area contributed by atoms with Gasteiger partial charge in [-0.05, 0) is 103 Å². The van der Waals surface area contributed by atoms with Crippen LogP contribution >= 0.6 is 0 Å². The molecule has 0 bridgehead atoms. The molecule has 0 aromatic rings. The largest absolute Gasteiger partial charge is 0.462 e. The summed E-state index contributed by atoms with van der Waals surface area (Å²) in [6, 6.07) is 0. The molecule has 0 aromatic heterocycles. The van der Waals surface area contributed by atoms with E-state index in [0.717, 1.165) is 31.6 Å². The van der Waals surface area contributed by atoms with Crippen LogP contribution in [0.3, 0.4) is 0 Å². The van der Waals surface area contributed by atoms with Crippen LogP contribution in [0.1, 0.15) is 114 Å². The smallest absolute Gasteiger partial charge is 0.302 e. The van der Waals surface area contributed by atoms with Crippen LogP contribution in [0.15, 0.2) is 11.6 Å². The highest BCUT2D eigenvalue weighted by atomic mass is 16.5. The lowest BCUT2D eigenvalue weighted by Gasteiger charge is -2.70. The predicted molar refractivity (Wildman–Crippen MR) is 141 cm³/mol. The molecule has 0 N–H and O–H groups in total. The molecule has 35 heavy (non-hydrogen) atoms. The third-order valence-electron chi connectivity index (χ3n) is 13.4. The minimum atomic E-state index is -0.178. The van der Waals surface area contributed by atoms with Gasteiger partial charge in [0.1, 0.15) is 6.10 Å². The summed E-state index contributed by atoms with van der Waals surface area (Å²) in [5, 5.41) is 0. The second-order valence-electron chi connectivity index (χ2n) is 15.2. The van der Waals surface area contributed by atoms with Crippen molar-refractivity contribution in [2.45, 2.75) is 120 Å². The molecule has 0 heterocycles. The fraction of sp³-hybridized carbons (Fsp3) is 0.875. The van der Waals surface area contributed by atoms with E-state index in [1.54, 1.807) is 0 Å². The molecular formula is C32H50O3. The number of esters is 1. The van der Waals surface area contributed by atoms with Gasteiger partial charge in [-0.3, -0.25) is 9.59 Å². The maximum absolute atomic E-state index is 14.4. The van der Waals surface area contributed by atoms with Gasteiger partial charge in [-0.15, -0.1) is 0 Å². The van der Waals surface area contributed by atoms with Gasteiger partial charge in [-0.1, -0.05) is 61.0 Å². The van der Waals surface area contributed by atoms with Crippen LogP contribution in [0, 0.1) is 56.7 Å². The summed E-state index contributed by atoms with van der Waals surface area (Å²) in [7, 11) is 0. The van der Waals surface area contributed by atoms with Crippen LogP contribution in [-0.2, 0) is 14.3 Å². The Kier molecular flexibility index (Phi) is 5.62. The van der Waals surface area contributed by atoms with Crippen molar-refractivity contribution in [3.63, 3.8) is 0 Å². The van der Waals surface area contributed by atoms with E-state index in [9.17, 15) is 9.59 Å². The van der Waals surface area contributed by atoms with Gasteiger partial charge in [0.2, 0.25) is 0 Å². The zero-order valence-corrected chi connectivity index (χ0v) is 23.9. The fourth-order valence-corrected chi connectivity index (χ4v) is 11.1. The number of rotatable bonds is 1. The Balaban J connectivity index is 1.59. The highest BCUT2D eigenvalue weighted by Crippen LogP contribution is 2.75. The van der Waals surface area contributed by atoms with E-state index in [0.29, 0.717) is 29.0 Å². The van der Waals surface area contributed by atoms with Crippen molar-refractivity contribution in [1.29, 1.82) is 0 Å². The Morgan fingerprint density at radius 2 is 1.60 bits per heavy atom. The molecule has 0 amide bonds. The SMILES string of the molecule is CC(=O)O[C@H]1CC[C@@]2(C)[C@@H](CC[C@]3(C)[C@H]2C(=O)C=C2[C@H]4[C@@H](C)[C@H](C)CC[C@]4(C)CC[C@]23C)C1(C)C. The topological polar surface area (TPSA) is 43.4 Å². The van der Waals surface area contributed by atoms with E-state index in [-0.39, 0.29) is 39.7 Å². The second kappa shape index (κ2) is 7.70. The maximum Gasteiger partial charge on any atom is 0.302 e. The zero-order chi connectivity index (χ0) is 25.8. The van der Waals surface area contributed by atoms with Gasteiger partial charge in [-0.25, -0.2) is 0 Å². The number of hydrogen-bond acceptors (Lipinski definition) is 3. The monoisotopic (exact) mass is 482 g/mol. The van der Waals surface area contributed by atoms with Crippen LogP contribution in [0.4, 0.5) is 0 Å². The lowest BCUT2D eigenvalue weighted by atomic mass is 9.33. The normalized spacial score (nSPS) is 52.8. The summed E-state index contributed by atoms with van der Waals surface area (Å²) in [4.78, 5) is 26.2. The highest BCUT2D eigenvalue weighted by Gasteiger charge is 2.70. The number of hydrogen-bond donors (Lipinski definition) is 0. The minimum absolute atomic E-state index is 0.00843. The van der Waals surface area contributed by atoms with Crippen molar-refractivity contribution in [3.8, 4) is 0 Å². The van der Waals surface area contributed by atoms with Gasteiger partial charge in [0.05, 0.1) is 0 Å². The molecule has 5 rings (SSSR count). The third-order valence-corrected chi connectivity index (χ3v) is 13.4. The van der Waals surface area contributed by atoms with Crippen molar-refractivity contribution in [2.75, 3.05) is 0 Å². The van der Waals surface area contributed by atoms with E-state index in [1.807, 2.05) is 0 Å². The van der Waals surface area contributed by atoms with Crippen LogP contribution in [0.5, 0.6) is 0 Å². The number of carbonyl (C=O) groups excluding carboxylic acids is 2. The first-order chi connectivity index (χ1) is 16.1. The molecule has 10 atom stereocenters. The molecule has 0 spiro atoms. The summed E-state index contributed by atoms with van der Waals surface area (Å²) < 4.78 is 5.85. The summed E-state index contributed by atoms with van der Waals surface area (Å²) in [5.41, 5.74) is 1.76. The van der Waals surface area contributed by atoms with E-state index in [2.05, 4.69) is 61.5 Å². The summed E-state index contributed by atoms with van der Waals surface area (Å²) in [6.07, 6.45) is 11.3. The second-order valence-corrected chi connectivity index (χ2v) is 15.2. The predicted octanol–water partition coefficient (Wildman–Crippen LogP) is 7.77. The number of carbonyl (C=O) groups is 2. The zero-order valence-electron chi connectivity index (χ0n) is 23.9. The standard InChI is InChI=1S/C32H50O3/c1-19-10-13-29(6)16-17-31(8)22(26(29)20(19)2)18-23(34)27-30(7)14-12-25(35-21(3)33)28(4,5)24(30)11-15-32(27,31)9/h18-20,24-27H,10-17H2,1-9H3/t19-,20+,24+,25+,26-,27+,29-,30+,31-,32-/m1/s1. The number of allylic oxidation sites excluding steroid dienone is 2. The molecule has 0 radical (unpaired) electrons. The van der Waals surface area contributed by atoms with Crippen molar-refractivity contribution < 1.29 is 14.3 Å². The van der Waals surface area contributed by atoms with Gasteiger partial charge in [0, 0.05) is 18.3 Å². The lowest BCUT2D eigenvalue weighted by molar-refractivity contribution is -0.210. The molecule has 5 aliphatic rings. The molecule has 5 aliphatic carbocycles. The minimum Gasteiger partial charge on any atom is -0.462 e. The Hall–Kier alpha value is -1.12. The Morgan fingerprint density at radius 3 is 2.26 bits per heavy atom. The average molecular weight is 483 g/mol. The van der Waals surface area contributed by atoms with Gasteiger partial charge in [0.25, 0.3) is 0 Å². The van der Waals surface area contributed by atoms with Gasteiger partial charge in [0.15, 0.2) is 5.78 Å². The molecule has 3 nitrogen and oxygen atoms in total. The van der Waals surface area contributed by atoms with E-state index in [4.69, 9.17) is 4.74 Å². The van der Waals surface area contributed by atoms with E-state index in [1.165, 1.54) is 38.2 Å². The van der Waals surface area contributed by atoms with Crippen molar-refractivity contribution in [1.82, 2.24) is 0 Å². The number of ether oxygens (including phenoxy) is 1. The third kappa shape index (κ3) is 3.21. The maximum atomic E-state index is 14.4. The molecule has 4 fully saturated rings. The summed E-state index contributed by atoms with van der Waals surface area (Å²) in [6.45, 7) is 21.0. The first-order valence-electron chi connectivity index (χ1n) is 14.5. The summed E-state index contributed by atoms with van der Waals surface area (Å²) >= 11 is 0. The van der Waals surface area contributed by atoms with Crippen molar-refractivity contribution >= 4 is 11.8 Å². The van der Waals surface area contributed by atoms with Crippen LogP contribution in [0.25, 0.3) is 0 Å². The number of fused-ring (bicyclic) bond motifs is 7. The van der Waals surface area contributed by atoms with Crippen LogP contribution in [-0.4, -0.2) is 17.9 Å². The van der Waals surface area contributed by atoms with Crippen molar-refractivity contribution in [2.24, 2.45) is 56.7 Å². The van der Waals surface area contributed by atoms with Crippen molar-refractivity contribution in [3.05, 3.63) is 11.6 Å². The molecular weight excluding hydrogens is 432 g/mol. The molecule has 0 aromatic carbocycles. The first kappa shape index (κ1) is 25.5. The highest BCUT2D eigenvalue weighted by molar-refractivity contribution is 5.95. The quantitative estimate of drug-likeness (QED) is 0.358. The van der Waals surface area contributed by atoms with Crippen LogP contribution < -0.4 is 0 Å². The van der Waals surface area contributed by atoms with Gasteiger partial charge >= 0.3 is 5.97 Å². The molecule has 0 aliphatic heterocycles. The average Bonchev–Trinajstić information content (AvgIpc) is 2.74. The van der Waals surface area contributed by atoms with E-state index < -0.39 is 0 Å². The van der Waals surface area contributed by atoms with Gasteiger partial charge in [-0.2, -0.15) is 0 Å².